The van der Waals surface area contributed by atoms with Gasteiger partial charge in [0.25, 0.3) is 0 Å². The van der Waals surface area contributed by atoms with E-state index in [4.69, 9.17) is 4.74 Å². The first-order chi connectivity index (χ1) is 6.27. The number of aromatic nitrogens is 1. The lowest BCUT2D eigenvalue weighted by Crippen LogP contribution is -2.24. The fraction of sp³-hybridized carbons (Fsp3) is 0.250. The minimum Gasteiger partial charge on any atom is -0.447 e. The number of rotatable bonds is 1. The zero-order chi connectivity index (χ0) is 9.26. The highest BCUT2D eigenvalue weighted by molar-refractivity contribution is 9.10. The van der Waals surface area contributed by atoms with E-state index in [9.17, 15) is 4.79 Å². The molecule has 2 rings (SSSR count). The van der Waals surface area contributed by atoms with Crippen LogP contribution in [0.1, 0.15) is 0 Å². The molecule has 1 aliphatic heterocycles. The Morgan fingerprint density at radius 1 is 1.62 bits per heavy atom. The number of pyridine rings is 1. The molecule has 0 unspecified atom stereocenters. The van der Waals surface area contributed by atoms with Gasteiger partial charge in [0.1, 0.15) is 12.4 Å². The van der Waals surface area contributed by atoms with Crippen LogP contribution in [0.2, 0.25) is 0 Å². The monoisotopic (exact) mass is 242 g/mol. The average Bonchev–Trinajstić information content (AvgIpc) is 2.51. The molecule has 0 atom stereocenters. The summed E-state index contributed by atoms with van der Waals surface area (Å²) >= 11 is 3.31. The van der Waals surface area contributed by atoms with Gasteiger partial charge in [0.15, 0.2) is 0 Å². The van der Waals surface area contributed by atoms with Crippen LogP contribution >= 0.6 is 15.9 Å². The van der Waals surface area contributed by atoms with Gasteiger partial charge >= 0.3 is 6.09 Å². The molecule has 4 nitrogen and oxygen atoms in total. The van der Waals surface area contributed by atoms with Crippen LogP contribution in [0.5, 0.6) is 0 Å². The molecule has 5 heteroatoms. The number of carbonyl (C=O) groups is 1. The van der Waals surface area contributed by atoms with Crippen molar-refractivity contribution in [1.82, 2.24) is 4.98 Å². The molecule has 0 saturated carbocycles. The van der Waals surface area contributed by atoms with Gasteiger partial charge in [-0.25, -0.2) is 9.78 Å². The molecular formula is C8H7BrN2O2. The molecule has 0 N–H and O–H groups in total. The number of nitrogens with zero attached hydrogens (tertiary/aromatic N) is 2. The predicted molar refractivity (Wildman–Crippen MR) is 50.6 cm³/mol. The fourth-order valence-electron chi connectivity index (χ4n) is 1.14. The second-order valence-electron chi connectivity index (χ2n) is 2.60. The van der Waals surface area contributed by atoms with Gasteiger partial charge in [-0.15, -0.1) is 0 Å². The summed E-state index contributed by atoms with van der Waals surface area (Å²) in [5.41, 5.74) is 0. The number of hydrogen-bond donors (Lipinski definition) is 0. The molecule has 1 aromatic heterocycles. The third-order valence-electron chi connectivity index (χ3n) is 1.74. The van der Waals surface area contributed by atoms with Gasteiger partial charge in [-0.3, -0.25) is 4.90 Å². The Morgan fingerprint density at radius 2 is 2.46 bits per heavy atom. The van der Waals surface area contributed by atoms with Gasteiger partial charge in [0, 0.05) is 10.7 Å². The van der Waals surface area contributed by atoms with Gasteiger partial charge < -0.3 is 4.74 Å². The maximum atomic E-state index is 11.1. The van der Waals surface area contributed by atoms with E-state index in [-0.39, 0.29) is 6.09 Å². The predicted octanol–water partition coefficient (Wildman–Crippen LogP) is 1.80. The topological polar surface area (TPSA) is 42.4 Å². The number of hydrogen-bond acceptors (Lipinski definition) is 3. The molecule has 0 aromatic carbocycles. The number of carbonyl (C=O) groups excluding carboxylic acids is 1. The van der Waals surface area contributed by atoms with E-state index in [1.165, 1.54) is 4.90 Å². The second kappa shape index (κ2) is 3.33. The average molecular weight is 243 g/mol. The summed E-state index contributed by atoms with van der Waals surface area (Å²) in [6, 6.07) is 3.59. The lowest BCUT2D eigenvalue weighted by atomic mass is 10.4. The first-order valence-electron chi connectivity index (χ1n) is 3.83. The summed E-state index contributed by atoms with van der Waals surface area (Å²) in [6.45, 7) is 1.01. The molecule has 1 aliphatic rings. The molecule has 2 heterocycles. The molecule has 1 amide bonds. The summed E-state index contributed by atoms with van der Waals surface area (Å²) in [4.78, 5) is 16.7. The van der Waals surface area contributed by atoms with Gasteiger partial charge in [-0.2, -0.15) is 0 Å². The standard InChI is InChI=1S/C8H7BrN2O2/c9-6-1-2-10-7(5-6)11-3-4-13-8(11)12/h1-2,5H,3-4H2. The molecular weight excluding hydrogens is 236 g/mol. The van der Waals surface area contributed by atoms with E-state index in [0.717, 1.165) is 4.47 Å². The zero-order valence-electron chi connectivity index (χ0n) is 6.74. The number of halogens is 1. The quantitative estimate of drug-likeness (QED) is 0.755. The smallest absolute Gasteiger partial charge is 0.415 e. The van der Waals surface area contributed by atoms with Crippen LogP contribution in [0.15, 0.2) is 22.8 Å². The van der Waals surface area contributed by atoms with Gasteiger partial charge in [0.05, 0.1) is 6.54 Å². The molecule has 0 spiro atoms. The molecule has 0 radical (unpaired) electrons. The Hall–Kier alpha value is -1.10. The van der Waals surface area contributed by atoms with Crippen molar-refractivity contribution in [2.75, 3.05) is 18.1 Å². The highest BCUT2D eigenvalue weighted by Gasteiger charge is 2.24. The Labute approximate surface area is 83.6 Å². The molecule has 1 saturated heterocycles. The van der Waals surface area contributed by atoms with Crippen LogP contribution in [0, 0.1) is 0 Å². The largest absolute Gasteiger partial charge is 0.447 e. The Kier molecular flexibility index (Phi) is 2.18. The summed E-state index contributed by atoms with van der Waals surface area (Å²) in [5, 5.41) is 0. The second-order valence-corrected chi connectivity index (χ2v) is 3.51. The van der Waals surface area contributed by atoms with Gasteiger partial charge in [-0.05, 0) is 12.1 Å². The highest BCUT2D eigenvalue weighted by atomic mass is 79.9. The van der Waals surface area contributed by atoms with Crippen molar-refractivity contribution in [3.63, 3.8) is 0 Å². The van der Waals surface area contributed by atoms with E-state index < -0.39 is 0 Å². The molecule has 13 heavy (non-hydrogen) atoms. The van der Waals surface area contributed by atoms with Crippen LogP contribution in [0.25, 0.3) is 0 Å². The van der Waals surface area contributed by atoms with Crippen molar-refractivity contribution in [2.24, 2.45) is 0 Å². The van der Waals surface area contributed by atoms with Crippen LogP contribution in [-0.2, 0) is 4.74 Å². The van der Waals surface area contributed by atoms with Crippen molar-refractivity contribution < 1.29 is 9.53 Å². The molecule has 1 fully saturated rings. The Balaban J connectivity index is 2.29. The van der Waals surface area contributed by atoms with E-state index >= 15 is 0 Å². The van der Waals surface area contributed by atoms with E-state index in [2.05, 4.69) is 20.9 Å². The highest BCUT2D eigenvalue weighted by Crippen LogP contribution is 2.19. The van der Waals surface area contributed by atoms with Crippen LogP contribution < -0.4 is 4.90 Å². The summed E-state index contributed by atoms with van der Waals surface area (Å²) < 4.78 is 5.69. The normalized spacial score (nSPS) is 16.1. The minimum atomic E-state index is -0.328. The number of anilines is 1. The lowest BCUT2D eigenvalue weighted by Gasteiger charge is -2.10. The Morgan fingerprint density at radius 3 is 3.08 bits per heavy atom. The van der Waals surface area contributed by atoms with E-state index in [1.54, 1.807) is 12.3 Å². The third kappa shape index (κ3) is 1.65. The van der Waals surface area contributed by atoms with Crippen LogP contribution in [0.3, 0.4) is 0 Å². The Bertz CT molecular complexity index is 343. The summed E-state index contributed by atoms with van der Waals surface area (Å²) in [7, 11) is 0. The summed E-state index contributed by atoms with van der Waals surface area (Å²) in [5.74, 6) is 0.622. The fourth-order valence-corrected chi connectivity index (χ4v) is 1.47. The third-order valence-corrected chi connectivity index (χ3v) is 2.24. The van der Waals surface area contributed by atoms with Crippen LogP contribution in [-0.4, -0.2) is 24.2 Å². The number of cyclic esters (lactones) is 1. The van der Waals surface area contributed by atoms with Gasteiger partial charge in [0.2, 0.25) is 0 Å². The molecule has 0 aliphatic carbocycles. The van der Waals surface area contributed by atoms with Crippen molar-refractivity contribution in [3.8, 4) is 0 Å². The molecule has 0 bridgehead atoms. The molecule has 68 valence electrons. The minimum absolute atomic E-state index is 0.328. The first kappa shape index (κ1) is 8.50. The van der Waals surface area contributed by atoms with Crippen molar-refractivity contribution in [2.45, 2.75) is 0 Å². The summed E-state index contributed by atoms with van der Waals surface area (Å²) in [6.07, 6.45) is 1.32. The number of amides is 1. The maximum Gasteiger partial charge on any atom is 0.415 e. The number of ether oxygens (including phenoxy) is 1. The lowest BCUT2D eigenvalue weighted by molar-refractivity contribution is 0.181. The zero-order valence-corrected chi connectivity index (χ0v) is 8.32. The van der Waals surface area contributed by atoms with Crippen molar-refractivity contribution >= 4 is 27.8 Å². The van der Waals surface area contributed by atoms with E-state index in [0.29, 0.717) is 19.0 Å². The van der Waals surface area contributed by atoms with Crippen molar-refractivity contribution in [1.29, 1.82) is 0 Å². The first-order valence-corrected chi connectivity index (χ1v) is 4.62. The maximum absolute atomic E-state index is 11.1. The molecule has 1 aromatic rings. The van der Waals surface area contributed by atoms with Gasteiger partial charge in [-0.1, -0.05) is 15.9 Å². The van der Waals surface area contributed by atoms with Crippen molar-refractivity contribution in [3.05, 3.63) is 22.8 Å². The van der Waals surface area contributed by atoms with Crippen LogP contribution in [0.4, 0.5) is 10.6 Å². The SMILES string of the molecule is O=C1OCCN1c1cc(Br)ccn1. The van der Waals surface area contributed by atoms with E-state index in [1.807, 2.05) is 6.07 Å².